The Morgan fingerprint density at radius 3 is 2.29 bits per heavy atom. The molecule has 0 spiro atoms. The van der Waals surface area contributed by atoms with Gasteiger partial charge in [-0.1, -0.05) is 34.1 Å². The SMILES string of the molecule is Cc1cc(C)c(C)c(Cn2c(CNC(=O)c3ccc(Br)cc3)nc3ccccc32)c1C. The molecule has 0 saturated carbocycles. The van der Waals surface area contributed by atoms with Crippen LogP contribution in [0.25, 0.3) is 11.0 Å². The zero-order chi connectivity index (χ0) is 22.1. The predicted octanol–water partition coefficient (Wildman–Crippen LogP) is 6.01. The second-order valence-corrected chi connectivity index (χ2v) is 8.95. The minimum absolute atomic E-state index is 0.107. The van der Waals surface area contributed by atoms with Crippen molar-refractivity contribution in [2.24, 2.45) is 0 Å². The lowest BCUT2D eigenvalue weighted by atomic mass is 9.94. The maximum atomic E-state index is 12.6. The third-order valence-electron chi connectivity index (χ3n) is 6.08. The highest BCUT2D eigenvalue weighted by atomic mass is 79.9. The second kappa shape index (κ2) is 8.67. The molecule has 0 bridgehead atoms. The Kier molecular flexibility index (Phi) is 5.96. The summed E-state index contributed by atoms with van der Waals surface area (Å²) < 4.78 is 3.18. The summed E-state index contributed by atoms with van der Waals surface area (Å²) in [5, 5.41) is 3.04. The maximum absolute atomic E-state index is 12.6. The van der Waals surface area contributed by atoms with E-state index in [4.69, 9.17) is 4.98 Å². The number of halogens is 1. The van der Waals surface area contributed by atoms with Gasteiger partial charge in [0.2, 0.25) is 0 Å². The number of aryl methyl sites for hydroxylation is 2. The van der Waals surface area contributed by atoms with Gasteiger partial charge in [-0.25, -0.2) is 4.98 Å². The molecule has 1 aromatic heterocycles. The zero-order valence-corrected chi connectivity index (χ0v) is 19.9. The van der Waals surface area contributed by atoms with Gasteiger partial charge in [0.1, 0.15) is 5.82 Å². The lowest BCUT2D eigenvalue weighted by molar-refractivity contribution is 0.0949. The van der Waals surface area contributed by atoms with Gasteiger partial charge in [0.05, 0.1) is 17.6 Å². The molecule has 4 nitrogen and oxygen atoms in total. The highest BCUT2D eigenvalue weighted by molar-refractivity contribution is 9.10. The molecule has 1 amide bonds. The van der Waals surface area contributed by atoms with Crippen LogP contribution in [0.4, 0.5) is 0 Å². The lowest BCUT2D eigenvalue weighted by Gasteiger charge is -2.18. The molecular weight excluding hydrogens is 450 g/mol. The van der Waals surface area contributed by atoms with E-state index >= 15 is 0 Å². The number of nitrogens with one attached hydrogen (secondary N) is 1. The quantitative estimate of drug-likeness (QED) is 0.384. The fourth-order valence-electron chi connectivity index (χ4n) is 3.99. The van der Waals surface area contributed by atoms with Crippen LogP contribution in [0.3, 0.4) is 0 Å². The highest BCUT2D eigenvalue weighted by Crippen LogP contribution is 2.25. The molecule has 158 valence electrons. The van der Waals surface area contributed by atoms with E-state index in [2.05, 4.69) is 65.6 Å². The maximum Gasteiger partial charge on any atom is 0.251 e. The molecule has 0 fully saturated rings. The van der Waals surface area contributed by atoms with Crippen LogP contribution < -0.4 is 5.32 Å². The van der Waals surface area contributed by atoms with E-state index < -0.39 is 0 Å². The second-order valence-electron chi connectivity index (χ2n) is 8.03. The van der Waals surface area contributed by atoms with E-state index in [1.807, 2.05) is 42.5 Å². The van der Waals surface area contributed by atoms with E-state index in [1.54, 1.807) is 0 Å². The summed E-state index contributed by atoms with van der Waals surface area (Å²) in [5.74, 6) is 0.745. The number of carbonyl (C=O) groups is 1. The fraction of sp³-hybridized carbons (Fsp3) is 0.231. The summed E-state index contributed by atoms with van der Waals surface area (Å²) in [6, 6.07) is 17.8. The number of nitrogens with zero attached hydrogens (tertiary/aromatic N) is 2. The van der Waals surface area contributed by atoms with E-state index in [0.29, 0.717) is 12.1 Å². The smallest absolute Gasteiger partial charge is 0.251 e. The number of benzene rings is 3. The van der Waals surface area contributed by atoms with Gasteiger partial charge < -0.3 is 9.88 Å². The largest absolute Gasteiger partial charge is 0.345 e. The Morgan fingerprint density at radius 2 is 1.61 bits per heavy atom. The Labute approximate surface area is 191 Å². The number of amides is 1. The number of hydrogen-bond acceptors (Lipinski definition) is 2. The van der Waals surface area contributed by atoms with Gasteiger partial charge in [-0.2, -0.15) is 0 Å². The minimum atomic E-state index is -0.107. The minimum Gasteiger partial charge on any atom is -0.345 e. The number of carbonyl (C=O) groups excluding carboxylic acids is 1. The van der Waals surface area contributed by atoms with Crippen molar-refractivity contribution in [3.05, 3.63) is 98.3 Å². The van der Waals surface area contributed by atoms with Gasteiger partial charge in [-0.05, 0) is 91.9 Å². The molecule has 1 N–H and O–H groups in total. The molecule has 4 rings (SSSR count). The van der Waals surface area contributed by atoms with Crippen molar-refractivity contribution >= 4 is 32.9 Å². The van der Waals surface area contributed by atoms with Crippen molar-refractivity contribution in [3.8, 4) is 0 Å². The number of para-hydroxylation sites is 2. The summed E-state index contributed by atoms with van der Waals surface area (Å²) in [5.41, 5.74) is 9.19. The van der Waals surface area contributed by atoms with Crippen molar-refractivity contribution in [2.45, 2.75) is 40.8 Å². The molecule has 0 aliphatic heterocycles. The number of aromatic nitrogens is 2. The Hall–Kier alpha value is -2.92. The van der Waals surface area contributed by atoms with Crippen LogP contribution in [-0.4, -0.2) is 15.5 Å². The first-order valence-electron chi connectivity index (χ1n) is 10.4. The average molecular weight is 476 g/mol. The standard InChI is InChI=1S/C26H26BrN3O/c1-16-13-17(2)19(4)22(18(16)3)15-30-24-8-6-5-7-23(24)29-25(30)14-28-26(31)20-9-11-21(27)12-10-20/h5-13H,14-15H2,1-4H3,(H,28,31). The highest BCUT2D eigenvalue weighted by Gasteiger charge is 2.16. The topological polar surface area (TPSA) is 46.9 Å². The normalized spacial score (nSPS) is 11.1. The summed E-state index contributed by atoms with van der Waals surface area (Å²) >= 11 is 3.41. The lowest BCUT2D eigenvalue weighted by Crippen LogP contribution is -2.25. The Bertz CT molecular complexity index is 1250. The van der Waals surface area contributed by atoms with Gasteiger partial charge >= 0.3 is 0 Å². The fourth-order valence-corrected chi connectivity index (χ4v) is 4.26. The molecule has 0 unspecified atom stereocenters. The average Bonchev–Trinajstić information content (AvgIpc) is 3.11. The van der Waals surface area contributed by atoms with Crippen molar-refractivity contribution in [1.29, 1.82) is 0 Å². The molecule has 0 radical (unpaired) electrons. The Balaban J connectivity index is 1.69. The van der Waals surface area contributed by atoms with Crippen LogP contribution in [0.1, 0.15) is 44.0 Å². The van der Waals surface area contributed by atoms with Gasteiger partial charge in [0.15, 0.2) is 0 Å². The predicted molar refractivity (Wildman–Crippen MR) is 130 cm³/mol. The molecule has 0 atom stereocenters. The van der Waals surface area contributed by atoms with E-state index in [-0.39, 0.29) is 5.91 Å². The molecule has 3 aromatic carbocycles. The van der Waals surface area contributed by atoms with E-state index in [0.717, 1.165) is 27.9 Å². The van der Waals surface area contributed by atoms with Crippen LogP contribution in [0, 0.1) is 27.7 Å². The van der Waals surface area contributed by atoms with Gasteiger partial charge in [-0.3, -0.25) is 4.79 Å². The third kappa shape index (κ3) is 4.28. The molecule has 31 heavy (non-hydrogen) atoms. The first-order chi connectivity index (χ1) is 14.8. The summed E-state index contributed by atoms with van der Waals surface area (Å²) in [6.07, 6.45) is 0. The van der Waals surface area contributed by atoms with Crippen molar-refractivity contribution in [3.63, 3.8) is 0 Å². The number of rotatable bonds is 5. The van der Waals surface area contributed by atoms with E-state index in [1.165, 1.54) is 27.8 Å². The molecular formula is C26H26BrN3O. The summed E-state index contributed by atoms with van der Waals surface area (Å²) in [7, 11) is 0. The monoisotopic (exact) mass is 475 g/mol. The molecule has 1 heterocycles. The van der Waals surface area contributed by atoms with Crippen molar-refractivity contribution < 1.29 is 4.79 Å². The van der Waals surface area contributed by atoms with Gasteiger partial charge in [0.25, 0.3) is 5.91 Å². The zero-order valence-electron chi connectivity index (χ0n) is 18.3. The summed E-state index contributed by atoms with van der Waals surface area (Å²) in [4.78, 5) is 17.5. The van der Waals surface area contributed by atoms with Gasteiger partial charge in [-0.15, -0.1) is 0 Å². The third-order valence-corrected chi connectivity index (χ3v) is 6.61. The van der Waals surface area contributed by atoms with Crippen molar-refractivity contribution in [2.75, 3.05) is 0 Å². The molecule has 0 aliphatic rings. The first-order valence-corrected chi connectivity index (χ1v) is 11.2. The van der Waals surface area contributed by atoms with Crippen LogP contribution in [0.15, 0.2) is 59.1 Å². The Morgan fingerprint density at radius 1 is 0.968 bits per heavy atom. The number of imidazole rings is 1. The van der Waals surface area contributed by atoms with Crippen LogP contribution in [0.5, 0.6) is 0 Å². The molecule has 4 aromatic rings. The van der Waals surface area contributed by atoms with Crippen LogP contribution in [0.2, 0.25) is 0 Å². The van der Waals surface area contributed by atoms with Gasteiger partial charge in [0, 0.05) is 16.6 Å². The van der Waals surface area contributed by atoms with Crippen molar-refractivity contribution in [1.82, 2.24) is 14.9 Å². The molecule has 0 saturated heterocycles. The summed E-state index contributed by atoms with van der Waals surface area (Å²) in [6.45, 7) is 9.79. The molecule has 5 heteroatoms. The molecule has 0 aliphatic carbocycles. The number of fused-ring (bicyclic) bond motifs is 1. The number of hydrogen-bond donors (Lipinski definition) is 1. The van der Waals surface area contributed by atoms with Crippen LogP contribution >= 0.6 is 15.9 Å². The van der Waals surface area contributed by atoms with E-state index in [9.17, 15) is 4.79 Å². The first kappa shape index (κ1) is 21.3. The van der Waals surface area contributed by atoms with Crippen LogP contribution in [-0.2, 0) is 13.1 Å².